The molecule has 118 valence electrons. The lowest BCUT2D eigenvalue weighted by Crippen LogP contribution is -2.32. The third-order valence-electron chi connectivity index (χ3n) is 3.51. The standard InChI is InChI=1S/C17H19ClO3S/c1-13-7-9-15(10-8-13)17(2,19)12-22(20,21)11-14-5-3-4-6-16(14)18/h3-10,19H,11-12H2,1-2H3/t17-/m0/s1. The maximum absolute atomic E-state index is 12.4. The van der Waals surface area contributed by atoms with Gasteiger partial charge in [0.25, 0.3) is 0 Å². The Kier molecular flexibility index (Phi) is 4.95. The highest BCUT2D eigenvalue weighted by Gasteiger charge is 2.30. The molecule has 2 aromatic carbocycles. The lowest BCUT2D eigenvalue weighted by Gasteiger charge is -2.24. The van der Waals surface area contributed by atoms with E-state index in [1.165, 1.54) is 6.92 Å². The summed E-state index contributed by atoms with van der Waals surface area (Å²) in [5.74, 6) is -0.539. The van der Waals surface area contributed by atoms with Crippen molar-refractivity contribution in [3.05, 3.63) is 70.2 Å². The molecule has 5 heteroatoms. The molecule has 0 aliphatic heterocycles. The fourth-order valence-electron chi connectivity index (χ4n) is 2.33. The summed E-state index contributed by atoms with van der Waals surface area (Å²) in [5.41, 5.74) is 0.747. The molecule has 0 radical (unpaired) electrons. The zero-order valence-electron chi connectivity index (χ0n) is 12.6. The van der Waals surface area contributed by atoms with Gasteiger partial charge in [0, 0.05) is 5.02 Å². The number of sulfone groups is 1. The third-order valence-corrected chi connectivity index (χ3v) is 5.63. The van der Waals surface area contributed by atoms with Crippen LogP contribution in [0.4, 0.5) is 0 Å². The predicted molar refractivity (Wildman–Crippen MR) is 89.7 cm³/mol. The molecule has 0 heterocycles. The Balaban J connectivity index is 2.20. The number of hydrogen-bond acceptors (Lipinski definition) is 3. The van der Waals surface area contributed by atoms with Crippen LogP contribution in [0.25, 0.3) is 0 Å². The van der Waals surface area contributed by atoms with Crippen molar-refractivity contribution < 1.29 is 13.5 Å². The molecule has 0 aromatic heterocycles. The highest BCUT2D eigenvalue weighted by molar-refractivity contribution is 7.90. The maximum Gasteiger partial charge on any atom is 0.157 e. The minimum absolute atomic E-state index is 0.186. The fourth-order valence-corrected chi connectivity index (χ4v) is 4.46. The Morgan fingerprint density at radius 1 is 1.09 bits per heavy atom. The van der Waals surface area contributed by atoms with Crippen LogP contribution in [0.5, 0.6) is 0 Å². The summed E-state index contributed by atoms with van der Waals surface area (Å²) >= 11 is 6.01. The van der Waals surface area contributed by atoms with Crippen molar-refractivity contribution in [2.75, 3.05) is 5.75 Å². The minimum atomic E-state index is -3.51. The lowest BCUT2D eigenvalue weighted by atomic mass is 9.97. The number of halogens is 1. The smallest absolute Gasteiger partial charge is 0.157 e. The van der Waals surface area contributed by atoms with Crippen molar-refractivity contribution in [1.29, 1.82) is 0 Å². The van der Waals surface area contributed by atoms with Gasteiger partial charge in [0.15, 0.2) is 9.84 Å². The van der Waals surface area contributed by atoms with Crippen LogP contribution in [-0.2, 0) is 21.2 Å². The van der Waals surface area contributed by atoms with E-state index in [9.17, 15) is 13.5 Å². The lowest BCUT2D eigenvalue weighted by molar-refractivity contribution is 0.0819. The molecule has 0 aliphatic rings. The molecule has 2 rings (SSSR count). The van der Waals surface area contributed by atoms with Gasteiger partial charge < -0.3 is 5.11 Å². The van der Waals surface area contributed by atoms with Crippen LogP contribution in [0.2, 0.25) is 5.02 Å². The Morgan fingerprint density at radius 2 is 1.68 bits per heavy atom. The summed E-state index contributed by atoms with van der Waals surface area (Å²) in [6, 6.07) is 14.0. The molecule has 2 aromatic rings. The van der Waals surface area contributed by atoms with Gasteiger partial charge in [-0.2, -0.15) is 0 Å². The van der Waals surface area contributed by atoms with Gasteiger partial charge in [0.05, 0.1) is 11.5 Å². The number of aliphatic hydroxyl groups is 1. The second-order valence-corrected chi connectivity index (χ2v) is 8.24. The van der Waals surface area contributed by atoms with Crippen molar-refractivity contribution in [3.8, 4) is 0 Å². The van der Waals surface area contributed by atoms with Crippen LogP contribution in [-0.4, -0.2) is 19.3 Å². The van der Waals surface area contributed by atoms with Gasteiger partial charge >= 0.3 is 0 Å². The molecular weight excluding hydrogens is 320 g/mol. The van der Waals surface area contributed by atoms with Crippen LogP contribution in [0.3, 0.4) is 0 Å². The van der Waals surface area contributed by atoms with Gasteiger partial charge in [-0.05, 0) is 31.0 Å². The van der Waals surface area contributed by atoms with E-state index >= 15 is 0 Å². The van der Waals surface area contributed by atoms with E-state index in [2.05, 4.69) is 0 Å². The predicted octanol–water partition coefficient (Wildman–Crippen LogP) is 3.47. The van der Waals surface area contributed by atoms with Gasteiger partial charge in [0.2, 0.25) is 0 Å². The van der Waals surface area contributed by atoms with E-state index in [0.717, 1.165) is 5.56 Å². The molecule has 0 saturated carbocycles. The average Bonchev–Trinajstić information content (AvgIpc) is 2.40. The molecular formula is C17H19ClO3S. The minimum Gasteiger partial charge on any atom is -0.384 e. The summed E-state index contributed by atoms with van der Waals surface area (Å²) in [4.78, 5) is 0. The number of benzene rings is 2. The van der Waals surface area contributed by atoms with Crippen LogP contribution in [0.1, 0.15) is 23.6 Å². The molecule has 1 N–H and O–H groups in total. The van der Waals surface area contributed by atoms with E-state index in [4.69, 9.17) is 11.6 Å². The van der Waals surface area contributed by atoms with Crippen molar-refractivity contribution in [3.63, 3.8) is 0 Å². The first-order valence-electron chi connectivity index (χ1n) is 6.93. The SMILES string of the molecule is Cc1ccc([C@@](C)(O)CS(=O)(=O)Cc2ccccc2Cl)cc1. The second kappa shape index (κ2) is 6.41. The van der Waals surface area contributed by atoms with Gasteiger partial charge in [-0.15, -0.1) is 0 Å². The Bertz CT molecular complexity index is 750. The topological polar surface area (TPSA) is 54.4 Å². The van der Waals surface area contributed by atoms with Crippen molar-refractivity contribution in [1.82, 2.24) is 0 Å². The zero-order chi connectivity index (χ0) is 16.4. The molecule has 0 unspecified atom stereocenters. The van der Waals surface area contributed by atoms with E-state index in [-0.39, 0.29) is 11.5 Å². The third kappa shape index (κ3) is 4.32. The number of hydrogen-bond donors (Lipinski definition) is 1. The first-order chi connectivity index (χ1) is 10.2. The summed E-state index contributed by atoms with van der Waals surface area (Å²) < 4.78 is 24.8. The Labute approximate surface area is 136 Å². The van der Waals surface area contributed by atoms with Crippen molar-refractivity contribution >= 4 is 21.4 Å². The van der Waals surface area contributed by atoms with E-state index in [1.807, 2.05) is 19.1 Å². The Hall–Kier alpha value is -1.36. The van der Waals surface area contributed by atoms with Gasteiger partial charge in [-0.3, -0.25) is 0 Å². The Morgan fingerprint density at radius 3 is 2.27 bits per heavy atom. The molecule has 22 heavy (non-hydrogen) atoms. The molecule has 0 aliphatic carbocycles. The monoisotopic (exact) mass is 338 g/mol. The second-order valence-electron chi connectivity index (χ2n) is 5.76. The molecule has 3 nitrogen and oxygen atoms in total. The largest absolute Gasteiger partial charge is 0.384 e. The first-order valence-corrected chi connectivity index (χ1v) is 9.13. The van der Waals surface area contributed by atoms with Crippen LogP contribution >= 0.6 is 11.6 Å². The maximum atomic E-state index is 12.4. The quantitative estimate of drug-likeness (QED) is 0.908. The normalized spacial score (nSPS) is 14.5. The number of rotatable bonds is 5. The van der Waals surface area contributed by atoms with E-state index in [1.54, 1.807) is 36.4 Å². The summed E-state index contributed by atoms with van der Waals surface area (Å²) in [7, 11) is -3.51. The fraction of sp³-hybridized carbons (Fsp3) is 0.294. The molecule has 0 saturated heterocycles. The summed E-state index contributed by atoms with van der Waals surface area (Å²) in [6.07, 6.45) is 0. The van der Waals surface area contributed by atoms with Crippen LogP contribution in [0, 0.1) is 6.92 Å². The van der Waals surface area contributed by atoms with Crippen molar-refractivity contribution in [2.24, 2.45) is 0 Å². The molecule has 0 fully saturated rings. The zero-order valence-corrected chi connectivity index (χ0v) is 14.2. The van der Waals surface area contributed by atoms with Gasteiger partial charge in [-0.25, -0.2) is 8.42 Å². The molecule has 0 amide bonds. The first kappa shape index (κ1) is 17.0. The number of aryl methyl sites for hydroxylation is 1. The molecule has 1 atom stereocenters. The average molecular weight is 339 g/mol. The van der Waals surface area contributed by atoms with Crippen LogP contribution in [0.15, 0.2) is 48.5 Å². The highest BCUT2D eigenvalue weighted by atomic mass is 35.5. The summed E-state index contributed by atoms with van der Waals surface area (Å²) in [6.45, 7) is 3.45. The van der Waals surface area contributed by atoms with Crippen molar-refractivity contribution in [2.45, 2.75) is 25.2 Å². The molecule has 0 bridgehead atoms. The molecule has 0 spiro atoms. The van der Waals surface area contributed by atoms with E-state index < -0.39 is 15.4 Å². The summed E-state index contributed by atoms with van der Waals surface area (Å²) in [5, 5.41) is 11.0. The van der Waals surface area contributed by atoms with E-state index in [0.29, 0.717) is 16.1 Å². The highest BCUT2D eigenvalue weighted by Crippen LogP contribution is 2.26. The van der Waals surface area contributed by atoms with Gasteiger partial charge in [-0.1, -0.05) is 59.6 Å². The van der Waals surface area contributed by atoms with Crippen LogP contribution < -0.4 is 0 Å². The van der Waals surface area contributed by atoms with Gasteiger partial charge in [0.1, 0.15) is 5.60 Å².